The first-order valence-corrected chi connectivity index (χ1v) is 9.78. The minimum Gasteiger partial charge on any atom is -0.465 e. The van der Waals surface area contributed by atoms with E-state index in [1.165, 1.54) is 17.5 Å². The van der Waals surface area contributed by atoms with Crippen LogP contribution in [0.25, 0.3) is 0 Å². The number of hydrogen-bond donors (Lipinski definition) is 0. The molecule has 130 valence electrons. The summed E-state index contributed by atoms with van der Waals surface area (Å²) in [5.74, 6) is -0.617. The van der Waals surface area contributed by atoms with Crippen LogP contribution in [0.1, 0.15) is 16.6 Å². The topological polar surface area (TPSA) is 76.2 Å². The molecule has 0 saturated carbocycles. The average Bonchev–Trinajstić information content (AvgIpc) is 3.05. The van der Waals surface area contributed by atoms with Gasteiger partial charge in [-0.1, -0.05) is 0 Å². The van der Waals surface area contributed by atoms with E-state index in [4.69, 9.17) is 4.74 Å². The van der Waals surface area contributed by atoms with Crippen molar-refractivity contribution < 1.29 is 22.7 Å². The molecule has 2 rings (SSSR count). The number of hydrogen-bond acceptors (Lipinski definition) is 7. The van der Waals surface area contributed by atoms with Crippen LogP contribution in [0, 0.1) is 0 Å². The Morgan fingerprint density at radius 1 is 1.30 bits per heavy atom. The van der Waals surface area contributed by atoms with Gasteiger partial charge in [-0.2, -0.15) is 4.31 Å². The van der Waals surface area contributed by atoms with Crippen LogP contribution in [0.4, 0.5) is 0 Å². The number of ether oxygens (including phenoxy) is 2. The summed E-state index contributed by atoms with van der Waals surface area (Å²) in [6.45, 7) is 6.21. The Labute approximate surface area is 140 Å². The molecule has 1 saturated heterocycles. The lowest BCUT2D eigenvalue weighted by molar-refractivity contribution is 0.0602. The first kappa shape index (κ1) is 18.3. The molecule has 0 N–H and O–H groups in total. The van der Waals surface area contributed by atoms with Crippen LogP contribution in [0.5, 0.6) is 0 Å². The molecule has 1 aromatic heterocycles. The number of carbonyl (C=O) groups excluding carboxylic acids is 1. The third-order valence-electron chi connectivity index (χ3n) is 3.70. The van der Waals surface area contributed by atoms with E-state index in [9.17, 15) is 13.2 Å². The van der Waals surface area contributed by atoms with E-state index < -0.39 is 16.0 Å². The summed E-state index contributed by atoms with van der Waals surface area (Å²) in [7, 11) is -2.42. The molecule has 1 fully saturated rings. The fourth-order valence-corrected chi connectivity index (χ4v) is 5.14. The van der Waals surface area contributed by atoms with Gasteiger partial charge in [-0.05, 0) is 18.4 Å². The van der Waals surface area contributed by atoms with Crippen LogP contribution in [0.15, 0.2) is 16.3 Å². The molecular weight excluding hydrogens is 340 g/mol. The van der Waals surface area contributed by atoms with Gasteiger partial charge >= 0.3 is 5.97 Å². The highest BCUT2D eigenvalue weighted by Crippen LogP contribution is 2.26. The Kier molecular flexibility index (Phi) is 6.54. The lowest BCUT2D eigenvalue weighted by atomic mass is 10.3. The smallest absolute Gasteiger partial charge is 0.349 e. The maximum atomic E-state index is 12.7. The van der Waals surface area contributed by atoms with Gasteiger partial charge in [0.1, 0.15) is 9.77 Å². The van der Waals surface area contributed by atoms with Crippen LogP contribution in [0.3, 0.4) is 0 Å². The fraction of sp³-hybridized carbons (Fsp3) is 0.643. The van der Waals surface area contributed by atoms with E-state index in [1.54, 1.807) is 5.38 Å². The zero-order chi connectivity index (χ0) is 16.9. The lowest BCUT2D eigenvalue weighted by Gasteiger charge is -2.33. The summed E-state index contributed by atoms with van der Waals surface area (Å²) < 4.78 is 36.9. The van der Waals surface area contributed by atoms with Gasteiger partial charge in [-0.25, -0.2) is 13.2 Å². The van der Waals surface area contributed by atoms with Gasteiger partial charge < -0.3 is 9.47 Å². The molecule has 1 aromatic rings. The van der Waals surface area contributed by atoms with Crippen molar-refractivity contribution in [3.63, 3.8) is 0 Å². The maximum absolute atomic E-state index is 12.7. The Balaban J connectivity index is 2.02. The Bertz CT molecular complexity index is 621. The normalized spacial score (nSPS) is 17.3. The molecule has 0 aliphatic carbocycles. The van der Waals surface area contributed by atoms with E-state index in [-0.39, 0.29) is 9.77 Å². The van der Waals surface area contributed by atoms with E-state index in [2.05, 4.69) is 9.64 Å². The molecular formula is C14H22N2O5S2. The Hall–Kier alpha value is -1.00. The van der Waals surface area contributed by atoms with E-state index in [1.807, 2.05) is 6.92 Å². The van der Waals surface area contributed by atoms with Crippen molar-refractivity contribution in [1.29, 1.82) is 0 Å². The zero-order valence-corrected chi connectivity index (χ0v) is 15.0. The summed E-state index contributed by atoms with van der Waals surface area (Å²) in [5, 5.41) is 1.59. The van der Waals surface area contributed by atoms with Crippen molar-refractivity contribution in [2.75, 3.05) is 53.0 Å². The summed E-state index contributed by atoms with van der Waals surface area (Å²) in [6, 6.07) is 1.47. The minimum absolute atomic E-state index is 0.0390. The van der Waals surface area contributed by atoms with Gasteiger partial charge in [-0.15, -0.1) is 11.3 Å². The molecule has 23 heavy (non-hydrogen) atoms. The molecule has 9 heteroatoms. The number of esters is 1. The van der Waals surface area contributed by atoms with E-state index >= 15 is 0 Å². The van der Waals surface area contributed by atoms with Crippen LogP contribution >= 0.6 is 11.3 Å². The summed E-state index contributed by atoms with van der Waals surface area (Å²) in [4.78, 5) is 14.1. The van der Waals surface area contributed by atoms with Crippen molar-refractivity contribution >= 4 is 27.3 Å². The van der Waals surface area contributed by atoms with Gasteiger partial charge in [0, 0.05) is 39.3 Å². The third-order valence-corrected chi connectivity index (χ3v) is 6.67. The molecule has 0 unspecified atom stereocenters. The molecule has 0 atom stereocenters. The number of piperazine rings is 1. The molecule has 0 aromatic carbocycles. The Morgan fingerprint density at radius 3 is 2.61 bits per heavy atom. The molecule has 0 radical (unpaired) electrons. The van der Waals surface area contributed by atoms with Crippen LogP contribution in [-0.2, 0) is 19.5 Å². The molecule has 0 spiro atoms. The number of carbonyl (C=O) groups is 1. The van der Waals surface area contributed by atoms with E-state index in [0.29, 0.717) is 39.4 Å². The molecule has 0 amide bonds. The lowest BCUT2D eigenvalue weighted by Crippen LogP contribution is -2.49. The van der Waals surface area contributed by atoms with Gasteiger partial charge in [0.25, 0.3) is 0 Å². The zero-order valence-electron chi connectivity index (χ0n) is 13.4. The van der Waals surface area contributed by atoms with Gasteiger partial charge in [-0.3, -0.25) is 4.90 Å². The molecule has 1 aliphatic rings. The average molecular weight is 362 g/mol. The van der Waals surface area contributed by atoms with Crippen molar-refractivity contribution in [2.24, 2.45) is 0 Å². The predicted molar refractivity (Wildman–Crippen MR) is 87.4 cm³/mol. The van der Waals surface area contributed by atoms with Crippen LogP contribution in [-0.4, -0.2) is 76.6 Å². The number of methoxy groups -OCH3 is 1. The number of sulfonamides is 1. The van der Waals surface area contributed by atoms with Crippen molar-refractivity contribution in [1.82, 2.24) is 9.21 Å². The Morgan fingerprint density at radius 2 is 2.00 bits per heavy atom. The summed E-state index contributed by atoms with van der Waals surface area (Å²) in [5.41, 5.74) is 0. The second kappa shape index (κ2) is 8.20. The molecule has 7 nitrogen and oxygen atoms in total. The largest absolute Gasteiger partial charge is 0.465 e. The maximum Gasteiger partial charge on any atom is 0.349 e. The van der Waals surface area contributed by atoms with Crippen molar-refractivity contribution in [3.8, 4) is 0 Å². The first-order valence-electron chi connectivity index (χ1n) is 7.46. The molecule has 2 heterocycles. The first-order chi connectivity index (χ1) is 11.0. The standard InChI is InChI=1S/C14H22N2O5S2/c1-3-21-10-9-15-5-7-16(8-6-15)23(18,19)12-4-11-22-13(12)14(17)20-2/h4,11H,3,5-10H2,1-2H3. The fourth-order valence-electron chi connectivity index (χ4n) is 2.41. The quantitative estimate of drug-likeness (QED) is 0.529. The van der Waals surface area contributed by atoms with Crippen molar-refractivity contribution in [2.45, 2.75) is 11.8 Å². The van der Waals surface area contributed by atoms with Gasteiger partial charge in [0.05, 0.1) is 13.7 Å². The highest BCUT2D eigenvalue weighted by atomic mass is 32.2. The third kappa shape index (κ3) is 4.30. The number of rotatable bonds is 7. The summed E-state index contributed by atoms with van der Waals surface area (Å²) in [6.07, 6.45) is 0. The van der Waals surface area contributed by atoms with Gasteiger partial charge in [0.15, 0.2) is 0 Å². The predicted octanol–water partition coefficient (Wildman–Crippen LogP) is 0.877. The van der Waals surface area contributed by atoms with Crippen LogP contribution in [0.2, 0.25) is 0 Å². The molecule has 1 aliphatic heterocycles. The number of thiophene rings is 1. The van der Waals surface area contributed by atoms with Gasteiger partial charge in [0.2, 0.25) is 10.0 Å². The van der Waals surface area contributed by atoms with Crippen LogP contribution < -0.4 is 0 Å². The summed E-state index contributed by atoms with van der Waals surface area (Å²) >= 11 is 1.08. The van der Waals surface area contributed by atoms with Crippen molar-refractivity contribution in [3.05, 3.63) is 16.3 Å². The minimum atomic E-state index is -3.67. The van der Waals surface area contributed by atoms with E-state index in [0.717, 1.165) is 17.9 Å². The SMILES string of the molecule is CCOCCN1CCN(S(=O)(=O)c2ccsc2C(=O)OC)CC1. The second-order valence-corrected chi connectivity index (χ2v) is 7.87. The monoisotopic (exact) mass is 362 g/mol. The highest BCUT2D eigenvalue weighted by Gasteiger charge is 2.32. The number of nitrogens with zero attached hydrogens (tertiary/aromatic N) is 2. The highest BCUT2D eigenvalue weighted by molar-refractivity contribution is 7.89. The second-order valence-electron chi connectivity index (χ2n) is 5.05. The molecule has 0 bridgehead atoms.